The van der Waals surface area contributed by atoms with E-state index in [1.165, 1.54) is 32.5 Å². The first-order valence-electron chi connectivity index (χ1n) is 5.90. The van der Waals surface area contributed by atoms with Gasteiger partial charge in [-0.3, -0.25) is 9.80 Å². The lowest BCUT2D eigenvalue weighted by Crippen LogP contribution is -2.57. The summed E-state index contributed by atoms with van der Waals surface area (Å²) in [6.07, 6.45) is 2.51. The number of rotatable bonds is 1. The summed E-state index contributed by atoms with van der Waals surface area (Å²) in [4.78, 5) is 5.19. The zero-order valence-corrected chi connectivity index (χ0v) is 9.45. The monoisotopic (exact) mass is 192 g/mol. The highest BCUT2D eigenvalue weighted by Gasteiger charge is 2.31. The zero-order valence-electron chi connectivity index (χ0n) is 9.45. The van der Waals surface area contributed by atoms with E-state index in [0.717, 1.165) is 12.6 Å². The highest BCUT2D eigenvalue weighted by Crippen LogP contribution is 2.26. The van der Waals surface area contributed by atoms with E-state index in [2.05, 4.69) is 23.6 Å². The van der Waals surface area contributed by atoms with Crippen LogP contribution in [0.25, 0.3) is 0 Å². The molecule has 0 spiro atoms. The van der Waals surface area contributed by atoms with Crippen LogP contribution in [-0.4, -0.2) is 55.9 Å². The van der Waals surface area contributed by atoms with Gasteiger partial charge in [0.05, 0.1) is 7.85 Å². The van der Waals surface area contributed by atoms with E-state index in [1.807, 2.05) is 0 Å². The molecule has 0 saturated carbocycles. The molecule has 3 heteroatoms. The van der Waals surface area contributed by atoms with E-state index in [4.69, 9.17) is 7.85 Å². The van der Waals surface area contributed by atoms with E-state index in [0.29, 0.717) is 11.9 Å². The van der Waals surface area contributed by atoms with Crippen LogP contribution in [0.5, 0.6) is 0 Å². The highest BCUT2D eigenvalue weighted by molar-refractivity contribution is 6.11. The molecule has 2 rings (SSSR count). The number of piperazine rings is 1. The van der Waals surface area contributed by atoms with E-state index in [1.54, 1.807) is 0 Å². The molecule has 0 N–H and O–H groups in total. The maximum Gasteiger partial charge on any atom is 0.0716 e. The van der Waals surface area contributed by atoms with Gasteiger partial charge in [-0.1, -0.05) is 12.2 Å². The fourth-order valence-electron chi connectivity index (χ4n) is 2.70. The number of fused-ring (bicyclic) bond motifs is 1. The molecule has 2 heterocycles. The van der Waals surface area contributed by atoms with E-state index < -0.39 is 0 Å². The Morgan fingerprint density at radius 2 is 1.93 bits per heavy atom. The molecule has 0 aromatic rings. The summed E-state index contributed by atoms with van der Waals surface area (Å²) in [6.45, 7) is 9.41. The van der Waals surface area contributed by atoms with Crippen molar-refractivity contribution in [2.75, 3.05) is 26.2 Å². The highest BCUT2D eigenvalue weighted by atomic mass is 15.3. The molecule has 0 bridgehead atoms. The quantitative estimate of drug-likeness (QED) is 0.574. The van der Waals surface area contributed by atoms with Crippen molar-refractivity contribution >= 4 is 7.85 Å². The van der Waals surface area contributed by atoms with Crippen molar-refractivity contribution in [3.05, 3.63) is 0 Å². The molecule has 2 nitrogen and oxygen atoms in total. The van der Waals surface area contributed by atoms with Gasteiger partial charge in [0.15, 0.2) is 0 Å². The number of hydrogen-bond acceptors (Lipinski definition) is 2. The number of nitrogens with zero attached hydrogens (tertiary/aromatic N) is 2. The summed E-state index contributed by atoms with van der Waals surface area (Å²) in [7, 11) is 5.98. The number of hydrogen-bond donors (Lipinski definition) is 0. The Balaban J connectivity index is 1.91. The molecule has 2 saturated heterocycles. The lowest BCUT2D eigenvalue weighted by molar-refractivity contribution is 0.0352. The summed E-state index contributed by atoms with van der Waals surface area (Å²) in [6, 6.07) is 1.48. The Morgan fingerprint density at radius 3 is 2.64 bits per heavy atom. The van der Waals surface area contributed by atoms with Crippen molar-refractivity contribution in [3.63, 3.8) is 0 Å². The minimum Gasteiger partial charge on any atom is -0.298 e. The van der Waals surface area contributed by atoms with E-state index in [-0.39, 0.29) is 0 Å². The van der Waals surface area contributed by atoms with Crippen LogP contribution >= 0.6 is 0 Å². The smallest absolute Gasteiger partial charge is 0.0716 e. The standard InChI is InChI=1S/C11H21BN2/c1-9(2)13-5-6-14-7-10(12)3-4-11(14)8-13/h9-11H,3-8H2,1-2H3. The summed E-state index contributed by atoms with van der Waals surface area (Å²) in [5.74, 6) is 0.428. The average molecular weight is 192 g/mol. The maximum absolute atomic E-state index is 5.98. The van der Waals surface area contributed by atoms with Crippen molar-refractivity contribution < 1.29 is 0 Å². The van der Waals surface area contributed by atoms with Gasteiger partial charge in [-0.15, -0.1) is 0 Å². The molecule has 0 aromatic heterocycles. The fourth-order valence-corrected chi connectivity index (χ4v) is 2.70. The molecule has 0 aliphatic carbocycles. The molecule has 0 amide bonds. The van der Waals surface area contributed by atoms with Crippen LogP contribution in [0.15, 0.2) is 0 Å². The molecule has 2 radical (unpaired) electrons. The summed E-state index contributed by atoms with van der Waals surface area (Å²) < 4.78 is 0. The van der Waals surface area contributed by atoms with Crippen molar-refractivity contribution in [1.29, 1.82) is 0 Å². The van der Waals surface area contributed by atoms with Crippen LogP contribution in [0.2, 0.25) is 5.82 Å². The second-order valence-corrected chi connectivity index (χ2v) is 5.07. The Hall–Kier alpha value is -0.0151. The Morgan fingerprint density at radius 1 is 1.14 bits per heavy atom. The molecule has 0 aromatic carbocycles. The molecule has 2 atom stereocenters. The summed E-state index contributed by atoms with van der Waals surface area (Å²) in [5.41, 5.74) is 0. The van der Waals surface area contributed by atoms with Crippen LogP contribution in [0.4, 0.5) is 0 Å². The van der Waals surface area contributed by atoms with Gasteiger partial charge in [0.25, 0.3) is 0 Å². The third-order valence-corrected chi connectivity index (χ3v) is 3.71. The molecule has 2 fully saturated rings. The minimum atomic E-state index is 0.428. The lowest BCUT2D eigenvalue weighted by Gasteiger charge is -2.47. The average Bonchev–Trinajstić information content (AvgIpc) is 2.16. The molecular formula is C11H21BN2. The van der Waals surface area contributed by atoms with Crippen LogP contribution in [0, 0.1) is 0 Å². The Bertz CT molecular complexity index is 196. The third kappa shape index (κ3) is 2.14. The topological polar surface area (TPSA) is 6.48 Å². The van der Waals surface area contributed by atoms with Gasteiger partial charge in [-0.25, -0.2) is 0 Å². The molecule has 14 heavy (non-hydrogen) atoms. The third-order valence-electron chi connectivity index (χ3n) is 3.71. The molecular weight excluding hydrogens is 171 g/mol. The van der Waals surface area contributed by atoms with Gasteiger partial charge in [0, 0.05) is 31.7 Å². The van der Waals surface area contributed by atoms with Gasteiger partial charge < -0.3 is 0 Å². The SMILES string of the molecule is [B]C1CCC2CN(C(C)C)CCN2C1. The minimum absolute atomic E-state index is 0.428. The predicted molar refractivity (Wildman–Crippen MR) is 60.8 cm³/mol. The van der Waals surface area contributed by atoms with E-state index >= 15 is 0 Å². The van der Waals surface area contributed by atoms with E-state index in [9.17, 15) is 0 Å². The first-order chi connectivity index (χ1) is 6.66. The predicted octanol–water partition coefficient (Wildman–Crippen LogP) is 1.13. The van der Waals surface area contributed by atoms with Gasteiger partial charge in [0.1, 0.15) is 0 Å². The second-order valence-electron chi connectivity index (χ2n) is 5.07. The molecule has 2 aliphatic rings. The Labute approximate surface area is 89.0 Å². The van der Waals surface area contributed by atoms with Crippen molar-refractivity contribution in [2.45, 2.75) is 44.6 Å². The van der Waals surface area contributed by atoms with Crippen molar-refractivity contribution in [1.82, 2.24) is 9.80 Å². The fraction of sp³-hybridized carbons (Fsp3) is 1.00. The summed E-state index contributed by atoms with van der Waals surface area (Å²) >= 11 is 0. The molecule has 78 valence electrons. The maximum atomic E-state index is 5.98. The van der Waals surface area contributed by atoms with Crippen LogP contribution in [0.3, 0.4) is 0 Å². The molecule has 2 aliphatic heterocycles. The zero-order chi connectivity index (χ0) is 10.1. The molecule has 2 unspecified atom stereocenters. The first-order valence-corrected chi connectivity index (χ1v) is 5.90. The van der Waals surface area contributed by atoms with Crippen molar-refractivity contribution in [3.8, 4) is 0 Å². The number of piperidine rings is 1. The lowest BCUT2D eigenvalue weighted by atomic mass is 9.78. The first kappa shape index (κ1) is 10.5. The largest absolute Gasteiger partial charge is 0.298 e. The Kier molecular flexibility index (Phi) is 3.18. The normalized spacial score (nSPS) is 35.9. The van der Waals surface area contributed by atoms with Gasteiger partial charge in [-0.2, -0.15) is 0 Å². The van der Waals surface area contributed by atoms with Crippen LogP contribution in [-0.2, 0) is 0 Å². The second kappa shape index (κ2) is 4.24. The van der Waals surface area contributed by atoms with Crippen molar-refractivity contribution in [2.24, 2.45) is 0 Å². The van der Waals surface area contributed by atoms with Gasteiger partial charge in [-0.05, 0) is 26.8 Å². The van der Waals surface area contributed by atoms with Gasteiger partial charge >= 0.3 is 0 Å². The van der Waals surface area contributed by atoms with Crippen LogP contribution < -0.4 is 0 Å². The van der Waals surface area contributed by atoms with Gasteiger partial charge in [0.2, 0.25) is 0 Å². The summed E-state index contributed by atoms with van der Waals surface area (Å²) in [5, 5.41) is 0. The van der Waals surface area contributed by atoms with Crippen LogP contribution in [0.1, 0.15) is 26.7 Å².